The van der Waals surface area contributed by atoms with Crippen molar-refractivity contribution >= 4 is 0 Å². The lowest BCUT2D eigenvalue weighted by Gasteiger charge is -2.21. The van der Waals surface area contributed by atoms with Crippen molar-refractivity contribution < 1.29 is 4.42 Å². The summed E-state index contributed by atoms with van der Waals surface area (Å²) in [6, 6.07) is 15.2. The van der Waals surface area contributed by atoms with Crippen LogP contribution in [0.2, 0.25) is 0 Å². The van der Waals surface area contributed by atoms with Crippen LogP contribution in [0.1, 0.15) is 49.4 Å². The molecule has 0 saturated heterocycles. The third kappa shape index (κ3) is 3.02. The number of hydrogen-bond donors (Lipinski definition) is 1. The monoisotopic (exact) mass is 243 g/mol. The highest BCUT2D eigenvalue weighted by molar-refractivity contribution is 5.19. The van der Waals surface area contributed by atoms with Crippen molar-refractivity contribution in [3.63, 3.8) is 0 Å². The molecule has 2 nitrogen and oxygen atoms in total. The Bertz CT molecular complexity index is 475. The predicted octanol–water partition coefficient (Wildman–Crippen LogP) is 4.39. The Morgan fingerprint density at radius 3 is 2.39 bits per heavy atom. The molecule has 1 aromatic heterocycles. The Morgan fingerprint density at radius 1 is 1.11 bits per heavy atom. The second kappa shape index (κ2) is 5.87. The first-order valence-corrected chi connectivity index (χ1v) is 6.58. The quantitative estimate of drug-likeness (QED) is 0.842. The smallest absolute Gasteiger partial charge is 0.121 e. The zero-order chi connectivity index (χ0) is 13.0. The molecular weight excluding hydrogens is 222 g/mol. The Hall–Kier alpha value is -1.54. The highest BCUT2D eigenvalue weighted by atomic mass is 16.3. The van der Waals surface area contributed by atoms with E-state index in [1.54, 1.807) is 0 Å². The molecular formula is C16H21NO. The highest BCUT2D eigenvalue weighted by Gasteiger charge is 2.16. The highest BCUT2D eigenvalue weighted by Crippen LogP contribution is 2.23. The molecule has 0 fully saturated rings. The molecule has 2 aromatic rings. The van der Waals surface area contributed by atoms with Gasteiger partial charge in [-0.15, -0.1) is 0 Å². The van der Waals surface area contributed by atoms with Gasteiger partial charge in [0.05, 0.1) is 6.04 Å². The van der Waals surface area contributed by atoms with E-state index < -0.39 is 0 Å². The number of hydrogen-bond acceptors (Lipinski definition) is 2. The average molecular weight is 243 g/mol. The number of nitrogens with one attached hydrogen (secondary N) is 1. The van der Waals surface area contributed by atoms with Gasteiger partial charge in [-0.3, -0.25) is 0 Å². The largest absolute Gasteiger partial charge is 0.465 e. The van der Waals surface area contributed by atoms with Crippen LogP contribution in [0, 0.1) is 6.92 Å². The van der Waals surface area contributed by atoms with Gasteiger partial charge in [-0.1, -0.05) is 37.3 Å². The SMILES string of the molecule is CC[C@@H](N[C@@H](C)c1ccccc1)c1ccc(C)o1. The summed E-state index contributed by atoms with van der Waals surface area (Å²) in [6.45, 7) is 6.35. The van der Waals surface area contributed by atoms with Crippen LogP contribution >= 0.6 is 0 Å². The number of aryl methyl sites for hydroxylation is 1. The molecule has 0 saturated carbocycles. The van der Waals surface area contributed by atoms with Crippen molar-refractivity contribution in [2.75, 3.05) is 0 Å². The summed E-state index contributed by atoms with van der Waals surface area (Å²) in [5, 5.41) is 3.62. The third-order valence-electron chi connectivity index (χ3n) is 3.26. The second-order valence-corrected chi connectivity index (χ2v) is 4.71. The van der Waals surface area contributed by atoms with Gasteiger partial charge in [0.15, 0.2) is 0 Å². The van der Waals surface area contributed by atoms with Gasteiger partial charge in [-0.2, -0.15) is 0 Å². The fourth-order valence-electron chi connectivity index (χ4n) is 2.18. The van der Waals surface area contributed by atoms with Crippen LogP contribution in [-0.4, -0.2) is 0 Å². The molecule has 1 N–H and O–H groups in total. The van der Waals surface area contributed by atoms with Crippen LogP contribution in [0.3, 0.4) is 0 Å². The van der Waals surface area contributed by atoms with E-state index >= 15 is 0 Å². The van der Waals surface area contributed by atoms with Crippen LogP contribution in [0.5, 0.6) is 0 Å². The first-order chi connectivity index (χ1) is 8.70. The standard InChI is InChI=1S/C16H21NO/c1-4-15(16-11-10-12(2)18-16)17-13(3)14-8-6-5-7-9-14/h5-11,13,15,17H,4H2,1-3H3/t13-,15+/m0/s1. The van der Waals surface area contributed by atoms with E-state index in [9.17, 15) is 0 Å². The zero-order valence-electron chi connectivity index (χ0n) is 11.3. The first kappa shape index (κ1) is 12.9. The third-order valence-corrected chi connectivity index (χ3v) is 3.26. The summed E-state index contributed by atoms with van der Waals surface area (Å²) in [5.41, 5.74) is 1.30. The van der Waals surface area contributed by atoms with E-state index in [0.29, 0.717) is 6.04 Å². The maximum absolute atomic E-state index is 5.71. The van der Waals surface area contributed by atoms with Crippen molar-refractivity contribution in [3.8, 4) is 0 Å². The first-order valence-electron chi connectivity index (χ1n) is 6.58. The van der Waals surface area contributed by atoms with Gasteiger partial charge in [-0.25, -0.2) is 0 Å². The van der Waals surface area contributed by atoms with Crippen molar-refractivity contribution in [3.05, 3.63) is 59.5 Å². The lowest BCUT2D eigenvalue weighted by molar-refractivity contribution is 0.368. The maximum atomic E-state index is 5.71. The molecule has 1 aromatic carbocycles. The Morgan fingerprint density at radius 2 is 1.83 bits per heavy atom. The lowest BCUT2D eigenvalue weighted by atomic mass is 10.1. The Balaban J connectivity index is 2.07. The molecule has 1 heterocycles. The van der Waals surface area contributed by atoms with Gasteiger partial charge in [0.25, 0.3) is 0 Å². The van der Waals surface area contributed by atoms with Crippen LogP contribution in [0.15, 0.2) is 46.9 Å². The molecule has 0 bridgehead atoms. The van der Waals surface area contributed by atoms with Crippen LogP contribution in [0.25, 0.3) is 0 Å². The topological polar surface area (TPSA) is 25.2 Å². The summed E-state index contributed by atoms with van der Waals surface area (Å²) in [6.07, 6.45) is 1.02. The van der Waals surface area contributed by atoms with Crippen molar-refractivity contribution in [2.45, 2.75) is 39.3 Å². The van der Waals surface area contributed by atoms with E-state index in [-0.39, 0.29) is 6.04 Å². The Kier molecular flexibility index (Phi) is 4.21. The van der Waals surface area contributed by atoms with Crippen molar-refractivity contribution in [2.24, 2.45) is 0 Å². The number of rotatable bonds is 5. The molecule has 96 valence electrons. The molecule has 0 aliphatic rings. The molecule has 0 spiro atoms. The minimum Gasteiger partial charge on any atom is -0.465 e. The van der Waals surface area contributed by atoms with Crippen LogP contribution in [-0.2, 0) is 0 Å². The van der Waals surface area contributed by atoms with Gasteiger partial charge in [0.1, 0.15) is 11.5 Å². The fourth-order valence-corrected chi connectivity index (χ4v) is 2.18. The minimum absolute atomic E-state index is 0.272. The molecule has 2 heteroatoms. The van der Waals surface area contributed by atoms with Gasteiger partial charge in [0.2, 0.25) is 0 Å². The van der Waals surface area contributed by atoms with E-state index in [1.807, 2.05) is 19.1 Å². The van der Waals surface area contributed by atoms with Gasteiger partial charge < -0.3 is 9.73 Å². The summed E-state index contributed by atoms with van der Waals surface area (Å²) in [4.78, 5) is 0. The summed E-state index contributed by atoms with van der Waals surface area (Å²) >= 11 is 0. The number of furan rings is 1. The van der Waals surface area contributed by atoms with Gasteiger partial charge in [-0.05, 0) is 38.0 Å². The average Bonchev–Trinajstić information content (AvgIpc) is 2.83. The molecule has 0 unspecified atom stereocenters. The molecule has 0 radical (unpaired) electrons. The molecule has 0 amide bonds. The molecule has 18 heavy (non-hydrogen) atoms. The lowest BCUT2D eigenvalue weighted by Crippen LogP contribution is -2.23. The molecule has 2 atom stereocenters. The van der Waals surface area contributed by atoms with Crippen molar-refractivity contribution in [1.82, 2.24) is 5.32 Å². The van der Waals surface area contributed by atoms with Crippen LogP contribution in [0.4, 0.5) is 0 Å². The van der Waals surface area contributed by atoms with Crippen molar-refractivity contribution in [1.29, 1.82) is 0 Å². The van der Waals surface area contributed by atoms with Gasteiger partial charge in [0, 0.05) is 6.04 Å². The minimum atomic E-state index is 0.272. The van der Waals surface area contributed by atoms with Gasteiger partial charge >= 0.3 is 0 Å². The molecule has 2 rings (SSSR count). The summed E-state index contributed by atoms with van der Waals surface area (Å²) in [7, 11) is 0. The summed E-state index contributed by atoms with van der Waals surface area (Å²) in [5.74, 6) is 2.00. The normalized spacial score (nSPS) is 14.4. The zero-order valence-corrected chi connectivity index (χ0v) is 11.3. The second-order valence-electron chi connectivity index (χ2n) is 4.71. The maximum Gasteiger partial charge on any atom is 0.121 e. The predicted molar refractivity (Wildman–Crippen MR) is 74.5 cm³/mol. The number of benzene rings is 1. The van der Waals surface area contributed by atoms with Crippen LogP contribution < -0.4 is 5.32 Å². The fraction of sp³-hybridized carbons (Fsp3) is 0.375. The molecule has 0 aliphatic heterocycles. The summed E-state index contributed by atoms with van der Waals surface area (Å²) < 4.78 is 5.71. The molecule has 0 aliphatic carbocycles. The Labute approximate surface area is 109 Å². The van der Waals surface area contributed by atoms with E-state index in [2.05, 4.69) is 49.5 Å². The van der Waals surface area contributed by atoms with E-state index in [4.69, 9.17) is 4.42 Å². The van der Waals surface area contributed by atoms with E-state index in [0.717, 1.165) is 17.9 Å². The van der Waals surface area contributed by atoms with E-state index in [1.165, 1.54) is 5.56 Å².